The number of carbonyl (C=O) groups is 1. The normalized spacial score (nSPS) is 11.0. The van der Waals surface area contributed by atoms with E-state index < -0.39 is 0 Å². The molecule has 0 aliphatic rings. The van der Waals surface area contributed by atoms with Gasteiger partial charge in [-0.15, -0.1) is 0 Å². The molecule has 0 bridgehead atoms. The van der Waals surface area contributed by atoms with Crippen LogP contribution in [0.4, 0.5) is 5.82 Å². The molecule has 1 amide bonds. The quantitative estimate of drug-likeness (QED) is 0.616. The van der Waals surface area contributed by atoms with Crippen molar-refractivity contribution in [3.8, 4) is 0 Å². The molecule has 1 aromatic carbocycles. The van der Waals surface area contributed by atoms with Gasteiger partial charge in [-0.2, -0.15) is 10.2 Å². The molecule has 26 heavy (non-hydrogen) atoms. The average molecular weight is 457 g/mol. The summed E-state index contributed by atoms with van der Waals surface area (Å²) in [6.07, 6.45) is 1.76. The van der Waals surface area contributed by atoms with E-state index in [2.05, 4.69) is 31.4 Å². The van der Waals surface area contributed by atoms with Gasteiger partial charge in [-0.1, -0.05) is 29.3 Å². The van der Waals surface area contributed by atoms with E-state index in [9.17, 15) is 4.79 Å². The van der Waals surface area contributed by atoms with Gasteiger partial charge in [0.1, 0.15) is 6.54 Å². The minimum atomic E-state index is -0.208. The fourth-order valence-corrected chi connectivity index (χ4v) is 3.30. The molecule has 9 heteroatoms. The molecule has 136 valence electrons. The van der Waals surface area contributed by atoms with Gasteiger partial charge >= 0.3 is 0 Å². The SMILES string of the molecule is Cc1nn(CC(=O)Nc2cc(C)n(Cc3c(Cl)cccc3Cl)n2)cc1Br. The van der Waals surface area contributed by atoms with Crippen molar-refractivity contribution < 1.29 is 4.79 Å². The molecule has 0 unspecified atom stereocenters. The first-order valence-corrected chi connectivity index (χ1v) is 9.35. The highest BCUT2D eigenvalue weighted by Crippen LogP contribution is 2.25. The van der Waals surface area contributed by atoms with Crippen LogP contribution in [0, 0.1) is 13.8 Å². The zero-order chi connectivity index (χ0) is 18.8. The van der Waals surface area contributed by atoms with E-state index in [1.165, 1.54) is 0 Å². The van der Waals surface area contributed by atoms with E-state index in [1.807, 2.05) is 13.8 Å². The number of aromatic nitrogens is 4. The Morgan fingerprint density at radius 3 is 2.54 bits per heavy atom. The van der Waals surface area contributed by atoms with Gasteiger partial charge in [0, 0.05) is 33.6 Å². The summed E-state index contributed by atoms with van der Waals surface area (Å²) in [5.41, 5.74) is 2.50. The summed E-state index contributed by atoms with van der Waals surface area (Å²) in [5, 5.41) is 12.6. The number of aryl methyl sites for hydroxylation is 2. The maximum Gasteiger partial charge on any atom is 0.247 e. The molecule has 0 aliphatic carbocycles. The molecule has 1 N–H and O–H groups in total. The van der Waals surface area contributed by atoms with Gasteiger partial charge in [0.15, 0.2) is 5.82 Å². The number of nitrogens with one attached hydrogen (secondary N) is 1. The maximum absolute atomic E-state index is 12.2. The van der Waals surface area contributed by atoms with Crippen molar-refractivity contribution >= 4 is 50.9 Å². The fraction of sp³-hybridized carbons (Fsp3) is 0.235. The lowest BCUT2D eigenvalue weighted by Gasteiger charge is -2.08. The Balaban J connectivity index is 1.70. The highest BCUT2D eigenvalue weighted by Gasteiger charge is 2.13. The van der Waals surface area contributed by atoms with Crippen LogP contribution in [0.3, 0.4) is 0 Å². The Morgan fingerprint density at radius 1 is 1.23 bits per heavy atom. The standard InChI is InChI=1S/C17H16BrCl2N5O/c1-10-6-16(21-17(26)9-24-8-13(18)11(2)22-24)23-25(10)7-12-14(19)4-3-5-15(12)20/h3-6,8H,7,9H2,1-2H3,(H,21,23,26). The third kappa shape index (κ3) is 4.28. The maximum atomic E-state index is 12.2. The van der Waals surface area contributed by atoms with E-state index in [1.54, 1.807) is 39.8 Å². The van der Waals surface area contributed by atoms with Crippen LogP contribution >= 0.6 is 39.1 Å². The molecular formula is C17H16BrCl2N5O. The molecule has 0 fully saturated rings. The summed E-state index contributed by atoms with van der Waals surface area (Å²) in [7, 11) is 0. The molecule has 0 radical (unpaired) electrons. The lowest BCUT2D eigenvalue weighted by molar-refractivity contribution is -0.116. The van der Waals surface area contributed by atoms with E-state index in [4.69, 9.17) is 23.2 Å². The lowest BCUT2D eigenvalue weighted by atomic mass is 10.2. The third-order valence-electron chi connectivity index (χ3n) is 3.81. The van der Waals surface area contributed by atoms with Crippen molar-refractivity contribution in [2.75, 3.05) is 5.32 Å². The molecule has 2 aromatic heterocycles. The Kier molecular flexibility index (Phi) is 5.70. The third-order valence-corrected chi connectivity index (χ3v) is 5.30. The van der Waals surface area contributed by atoms with Crippen molar-refractivity contribution in [3.63, 3.8) is 0 Å². The molecule has 0 saturated heterocycles. The number of rotatable bonds is 5. The van der Waals surface area contributed by atoms with Crippen LogP contribution in [0.1, 0.15) is 17.0 Å². The second-order valence-electron chi connectivity index (χ2n) is 5.84. The molecule has 3 aromatic rings. The van der Waals surface area contributed by atoms with Gasteiger partial charge in [-0.25, -0.2) is 0 Å². The minimum absolute atomic E-state index is 0.106. The Hall–Kier alpha value is -1.83. The number of nitrogens with zero attached hydrogens (tertiary/aromatic N) is 4. The molecule has 0 saturated carbocycles. The van der Waals surface area contributed by atoms with Crippen LogP contribution in [0.5, 0.6) is 0 Å². The first-order valence-electron chi connectivity index (χ1n) is 7.80. The van der Waals surface area contributed by atoms with Gasteiger partial charge in [-0.05, 0) is 41.9 Å². The second kappa shape index (κ2) is 7.82. The minimum Gasteiger partial charge on any atom is -0.308 e. The molecule has 3 rings (SSSR count). The predicted molar refractivity (Wildman–Crippen MR) is 106 cm³/mol. The van der Waals surface area contributed by atoms with Crippen LogP contribution < -0.4 is 5.32 Å². The van der Waals surface area contributed by atoms with Gasteiger partial charge in [0.05, 0.1) is 16.7 Å². The van der Waals surface area contributed by atoms with Gasteiger partial charge < -0.3 is 5.32 Å². The Morgan fingerprint density at radius 2 is 1.92 bits per heavy atom. The number of benzene rings is 1. The second-order valence-corrected chi connectivity index (χ2v) is 7.51. The fourth-order valence-electron chi connectivity index (χ4n) is 2.47. The van der Waals surface area contributed by atoms with E-state index >= 15 is 0 Å². The van der Waals surface area contributed by atoms with Gasteiger partial charge in [-0.3, -0.25) is 14.2 Å². The number of amides is 1. The highest BCUT2D eigenvalue weighted by atomic mass is 79.9. The van der Waals surface area contributed by atoms with E-state index in [0.29, 0.717) is 22.4 Å². The van der Waals surface area contributed by atoms with Crippen LogP contribution in [0.2, 0.25) is 10.0 Å². The summed E-state index contributed by atoms with van der Waals surface area (Å²) < 4.78 is 4.18. The monoisotopic (exact) mass is 455 g/mol. The van der Waals surface area contributed by atoms with Crippen molar-refractivity contribution in [3.05, 3.63) is 61.9 Å². The summed E-state index contributed by atoms with van der Waals surface area (Å²) >= 11 is 15.8. The molecule has 6 nitrogen and oxygen atoms in total. The molecular weight excluding hydrogens is 441 g/mol. The van der Waals surface area contributed by atoms with Crippen LogP contribution in [-0.2, 0) is 17.9 Å². The first-order chi connectivity index (χ1) is 12.3. The van der Waals surface area contributed by atoms with Gasteiger partial charge in [0.25, 0.3) is 0 Å². The average Bonchev–Trinajstić information content (AvgIpc) is 3.05. The molecule has 0 atom stereocenters. The van der Waals surface area contributed by atoms with Crippen molar-refractivity contribution in [1.29, 1.82) is 0 Å². The van der Waals surface area contributed by atoms with Crippen LogP contribution in [0.15, 0.2) is 34.9 Å². The topological polar surface area (TPSA) is 64.7 Å². The molecule has 0 aliphatic heterocycles. The first kappa shape index (κ1) is 18.9. The number of halogens is 3. The zero-order valence-corrected chi connectivity index (χ0v) is 17.2. The number of hydrogen-bond donors (Lipinski definition) is 1. The predicted octanol–water partition coefficient (Wildman–Crippen LogP) is 4.45. The zero-order valence-electron chi connectivity index (χ0n) is 14.1. The van der Waals surface area contributed by atoms with Crippen molar-refractivity contribution in [1.82, 2.24) is 19.6 Å². The van der Waals surface area contributed by atoms with E-state index in [-0.39, 0.29) is 12.5 Å². The summed E-state index contributed by atoms with van der Waals surface area (Å²) in [6.45, 7) is 4.30. The number of anilines is 1. The van der Waals surface area contributed by atoms with Crippen LogP contribution in [-0.4, -0.2) is 25.5 Å². The summed E-state index contributed by atoms with van der Waals surface area (Å²) in [5.74, 6) is 0.263. The number of hydrogen-bond acceptors (Lipinski definition) is 3. The largest absolute Gasteiger partial charge is 0.308 e. The summed E-state index contributed by atoms with van der Waals surface area (Å²) in [6, 6.07) is 7.17. The molecule has 2 heterocycles. The van der Waals surface area contributed by atoms with Crippen molar-refractivity contribution in [2.24, 2.45) is 0 Å². The smallest absolute Gasteiger partial charge is 0.247 e. The van der Waals surface area contributed by atoms with E-state index in [0.717, 1.165) is 21.4 Å². The van der Waals surface area contributed by atoms with Crippen molar-refractivity contribution in [2.45, 2.75) is 26.9 Å². The van der Waals surface area contributed by atoms with Crippen LogP contribution in [0.25, 0.3) is 0 Å². The van der Waals surface area contributed by atoms with Gasteiger partial charge in [0.2, 0.25) is 5.91 Å². The molecule has 0 spiro atoms. The Labute approximate surface area is 169 Å². The highest BCUT2D eigenvalue weighted by molar-refractivity contribution is 9.10. The lowest BCUT2D eigenvalue weighted by Crippen LogP contribution is -2.19. The number of carbonyl (C=O) groups excluding carboxylic acids is 1. The Bertz CT molecular complexity index is 926. The summed E-state index contributed by atoms with van der Waals surface area (Å²) in [4.78, 5) is 12.2.